The molecule has 0 saturated carbocycles. The average molecular weight is 297 g/mol. The van der Waals surface area contributed by atoms with Crippen molar-refractivity contribution in [3.63, 3.8) is 0 Å². The van der Waals surface area contributed by atoms with Crippen LogP contribution >= 0.6 is 0 Å². The molecule has 0 bridgehead atoms. The highest BCUT2D eigenvalue weighted by Gasteiger charge is 2.27. The van der Waals surface area contributed by atoms with Gasteiger partial charge in [-0.2, -0.15) is 0 Å². The fourth-order valence-corrected chi connectivity index (χ4v) is 3.63. The Labute approximate surface area is 136 Å². The van der Waals surface area contributed by atoms with Gasteiger partial charge in [-0.1, -0.05) is 100 Å². The predicted octanol–water partition coefficient (Wildman–Crippen LogP) is 7.72. The van der Waals surface area contributed by atoms with Gasteiger partial charge in [-0.15, -0.1) is 0 Å². The Hall–Kier alpha value is 0. The Morgan fingerprint density at radius 3 is 1.86 bits per heavy atom. The monoisotopic (exact) mass is 296 g/mol. The maximum atomic E-state index is 2.51. The predicted molar refractivity (Wildman–Crippen MR) is 98.7 cm³/mol. The van der Waals surface area contributed by atoms with E-state index in [1.54, 1.807) is 0 Å². The van der Waals surface area contributed by atoms with E-state index >= 15 is 0 Å². The highest BCUT2D eigenvalue weighted by atomic mass is 14.3. The molecule has 21 heavy (non-hydrogen) atoms. The molecular formula is C21H44. The summed E-state index contributed by atoms with van der Waals surface area (Å²) in [6.45, 7) is 19.3. The molecule has 0 aliphatic rings. The van der Waals surface area contributed by atoms with Crippen LogP contribution in [0.15, 0.2) is 0 Å². The van der Waals surface area contributed by atoms with E-state index in [0.29, 0.717) is 5.41 Å². The molecule has 0 N–H and O–H groups in total. The van der Waals surface area contributed by atoms with Crippen molar-refractivity contribution in [3.05, 3.63) is 0 Å². The Morgan fingerprint density at radius 1 is 0.762 bits per heavy atom. The Bertz CT molecular complexity index is 244. The molecule has 0 fully saturated rings. The average Bonchev–Trinajstić information content (AvgIpc) is 2.51. The summed E-state index contributed by atoms with van der Waals surface area (Å²) < 4.78 is 0. The van der Waals surface area contributed by atoms with E-state index in [1.807, 2.05) is 0 Å². The fraction of sp³-hybridized carbons (Fsp3) is 1.00. The molecule has 128 valence electrons. The van der Waals surface area contributed by atoms with E-state index in [2.05, 4.69) is 55.4 Å². The molecule has 0 amide bonds. The first-order valence-corrected chi connectivity index (χ1v) is 9.82. The van der Waals surface area contributed by atoms with Crippen molar-refractivity contribution in [1.29, 1.82) is 0 Å². The van der Waals surface area contributed by atoms with Crippen LogP contribution in [0, 0.1) is 29.1 Å². The number of hydrogen-bond donors (Lipinski definition) is 0. The number of hydrogen-bond acceptors (Lipinski definition) is 0. The standard InChI is InChI=1S/C21H44/c1-9-17(4)20(7)18(5)15-13-12-14-16-21(8,11-3)19(6)10-2/h17-20H,9-16H2,1-8H3. The quantitative estimate of drug-likeness (QED) is 0.323. The van der Waals surface area contributed by atoms with Gasteiger partial charge in [-0.3, -0.25) is 0 Å². The minimum atomic E-state index is 0.574. The molecule has 0 saturated heterocycles. The molecule has 0 aliphatic carbocycles. The number of unbranched alkanes of at least 4 members (excludes halogenated alkanes) is 2. The number of rotatable bonds is 12. The molecule has 0 rings (SSSR count). The molecule has 0 aromatic carbocycles. The third-order valence-electron chi connectivity index (χ3n) is 6.96. The van der Waals surface area contributed by atoms with E-state index in [-0.39, 0.29) is 0 Å². The highest BCUT2D eigenvalue weighted by Crippen LogP contribution is 2.38. The Kier molecular flexibility index (Phi) is 10.7. The third kappa shape index (κ3) is 7.20. The summed E-state index contributed by atoms with van der Waals surface area (Å²) in [7, 11) is 0. The van der Waals surface area contributed by atoms with E-state index in [4.69, 9.17) is 0 Å². The van der Waals surface area contributed by atoms with Crippen molar-refractivity contribution in [3.8, 4) is 0 Å². The SMILES string of the molecule is CCC(C)C(C)C(C)CCCCCC(C)(CC)C(C)CC. The first kappa shape index (κ1) is 21.0. The highest BCUT2D eigenvalue weighted by molar-refractivity contribution is 4.78. The van der Waals surface area contributed by atoms with Gasteiger partial charge in [-0.25, -0.2) is 0 Å². The van der Waals surface area contributed by atoms with E-state index in [1.165, 1.54) is 51.4 Å². The Balaban J connectivity index is 3.95. The summed E-state index contributed by atoms with van der Waals surface area (Å²) in [6.07, 6.45) is 11.1. The fourth-order valence-electron chi connectivity index (χ4n) is 3.63. The Morgan fingerprint density at radius 2 is 1.38 bits per heavy atom. The van der Waals surface area contributed by atoms with Gasteiger partial charge in [0.1, 0.15) is 0 Å². The van der Waals surface area contributed by atoms with Crippen LogP contribution in [0.4, 0.5) is 0 Å². The molecule has 0 radical (unpaired) electrons. The largest absolute Gasteiger partial charge is 0.0651 e. The second kappa shape index (κ2) is 10.7. The normalized spacial score (nSPS) is 20.6. The molecule has 5 unspecified atom stereocenters. The molecule has 0 aromatic heterocycles. The minimum Gasteiger partial charge on any atom is -0.0651 e. The molecule has 0 aromatic rings. The lowest BCUT2D eigenvalue weighted by molar-refractivity contribution is 0.163. The van der Waals surface area contributed by atoms with Gasteiger partial charge in [0.25, 0.3) is 0 Å². The zero-order chi connectivity index (χ0) is 16.5. The lowest BCUT2D eigenvalue weighted by atomic mass is 9.71. The van der Waals surface area contributed by atoms with Gasteiger partial charge >= 0.3 is 0 Å². The van der Waals surface area contributed by atoms with Crippen LogP contribution in [-0.2, 0) is 0 Å². The summed E-state index contributed by atoms with van der Waals surface area (Å²) in [5, 5.41) is 0. The molecule has 0 aliphatic heterocycles. The van der Waals surface area contributed by atoms with Crippen molar-refractivity contribution in [2.24, 2.45) is 29.1 Å². The first-order chi connectivity index (χ1) is 9.82. The van der Waals surface area contributed by atoms with Crippen LogP contribution in [0.3, 0.4) is 0 Å². The van der Waals surface area contributed by atoms with E-state index in [0.717, 1.165) is 23.7 Å². The lowest BCUT2D eigenvalue weighted by Gasteiger charge is -2.34. The van der Waals surface area contributed by atoms with Crippen LogP contribution in [0.2, 0.25) is 0 Å². The van der Waals surface area contributed by atoms with E-state index < -0.39 is 0 Å². The van der Waals surface area contributed by atoms with Crippen LogP contribution in [0.1, 0.15) is 107 Å². The minimum absolute atomic E-state index is 0.574. The van der Waals surface area contributed by atoms with Gasteiger partial charge < -0.3 is 0 Å². The van der Waals surface area contributed by atoms with Crippen molar-refractivity contribution in [2.75, 3.05) is 0 Å². The maximum absolute atomic E-state index is 2.51. The topological polar surface area (TPSA) is 0 Å². The zero-order valence-electron chi connectivity index (χ0n) is 16.5. The van der Waals surface area contributed by atoms with Gasteiger partial charge in [0, 0.05) is 0 Å². The first-order valence-electron chi connectivity index (χ1n) is 9.82. The van der Waals surface area contributed by atoms with Crippen LogP contribution < -0.4 is 0 Å². The van der Waals surface area contributed by atoms with Gasteiger partial charge in [0.05, 0.1) is 0 Å². The van der Waals surface area contributed by atoms with Crippen LogP contribution in [0.25, 0.3) is 0 Å². The van der Waals surface area contributed by atoms with Crippen molar-refractivity contribution in [2.45, 2.75) is 107 Å². The molecule has 0 heteroatoms. The smallest absolute Gasteiger partial charge is 0.0303 e. The summed E-state index contributed by atoms with van der Waals surface area (Å²) in [4.78, 5) is 0. The third-order valence-corrected chi connectivity index (χ3v) is 6.96. The van der Waals surface area contributed by atoms with Gasteiger partial charge in [-0.05, 0) is 35.5 Å². The summed E-state index contributed by atoms with van der Waals surface area (Å²) in [5.74, 6) is 3.53. The van der Waals surface area contributed by atoms with Crippen molar-refractivity contribution < 1.29 is 0 Å². The van der Waals surface area contributed by atoms with Gasteiger partial charge in [0.15, 0.2) is 0 Å². The zero-order valence-corrected chi connectivity index (χ0v) is 16.5. The van der Waals surface area contributed by atoms with Crippen molar-refractivity contribution >= 4 is 0 Å². The second-order valence-electron chi connectivity index (χ2n) is 8.14. The maximum Gasteiger partial charge on any atom is -0.0303 e. The molecule has 0 nitrogen and oxygen atoms in total. The molecule has 5 atom stereocenters. The summed E-state index contributed by atoms with van der Waals surface area (Å²) in [6, 6.07) is 0. The van der Waals surface area contributed by atoms with Gasteiger partial charge in [0.2, 0.25) is 0 Å². The molecular weight excluding hydrogens is 252 g/mol. The van der Waals surface area contributed by atoms with Crippen LogP contribution in [-0.4, -0.2) is 0 Å². The lowest BCUT2D eigenvalue weighted by Crippen LogP contribution is -2.24. The second-order valence-corrected chi connectivity index (χ2v) is 8.14. The summed E-state index contributed by atoms with van der Waals surface area (Å²) >= 11 is 0. The summed E-state index contributed by atoms with van der Waals surface area (Å²) in [5.41, 5.74) is 0.574. The van der Waals surface area contributed by atoms with E-state index in [9.17, 15) is 0 Å². The van der Waals surface area contributed by atoms with Crippen molar-refractivity contribution in [1.82, 2.24) is 0 Å². The molecule has 0 spiro atoms. The molecule has 0 heterocycles. The van der Waals surface area contributed by atoms with Crippen LogP contribution in [0.5, 0.6) is 0 Å².